The van der Waals surface area contributed by atoms with Crippen molar-refractivity contribution in [3.63, 3.8) is 0 Å². The summed E-state index contributed by atoms with van der Waals surface area (Å²) in [5.41, 5.74) is 0. The Balaban J connectivity index is 3.18. The van der Waals surface area contributed by atoms with Crippen molar-refractivity contribution < 1.29 is 31.9 Å². The van der Waals surface area contributed by atoms with Gasteiger partial charge in [-0.15, -0.1) is 0 Å². The fourth-order valence-electron chi connectivity index (χ4n) is 3.04. The van der Waals surface area contributed by atoms with E-state index in [1.54, 1.807) is 32.0 Å². The minimum atomic E-state index is -3.75. The molecule has 1 atom stereocenters. The maximum absolute atomic E-state index is 12.8. The zero-order chi connectivity index (χ0) is 26.0. The lowest BCUT2D eigenvalue weighted by Gasteiger charge is -2.36. The second-order valence-corrected chi connectivity index (χ2v) is 16.2. The van der Waals surface area contributed by atoms with E-state index in [0.717, 1.165) is 5.41 Å². The van der Waals surface area contributed by atoms with E-state index in [4.69, 9.17) is 13.9 Å². The normalized spacial score (nSPS) is 13.8. The molecule has 34 heavy (non-hydrogen) atoms. The van der Waals surface area contributed by atoms with Crippen molar-refractivity contribution in [1.82, 2.24) is 0 Å². The molecule has 0 amide bonds. The molecule has 1 unspecified atom stereocenters. The smallest absolute Gasteiger partial charge is 0.320 e. The van der Waals surface area contributed by atoms with Crippen LogP contribution in [0.5, 0.6) is 0 Å². The van der Waals surface area contributed by atoms with Crippen molar-refractivity contribution in [2.24, 2.45) is 11.8 Å². The van der Waals surface area contributed by atoms with Gasteiger partial charge >= 0.3 is 11.9 Å². The average Bonchev–Trinajstić information content (AvgIpc) is 2.75. The van der Waals surface area contributed by atoms with E-state index in [1.165, 1.54) is 18.2 Å². The molecule has 0 saturated heterocycles. The monoisotopic (exact) mass is 512 g/mol. The van der Waals surface area contributed by atoms with E-state index in [1.807, 2.05) is 0 Å². The molecule has 7 nitrogen and oxygen atoms in total. The molecule has 1 aromatic rings. The number of carbonyl (C=O) groups is 2. The van der Waals surface area contributed by atoms with Gasteiger partial charge in [0.15, 0.2) is 24.1 Å². The molecule has 192 valence electrons. The number of sulfone groups is 1. The van der Waals surface area contributed by atoms with E-state index in [9.17, 15) is 18.0 Å². The highest BCUT2D eigenvalue weighted by Crippen LogP contribution is 2.36. The summed E-state index contributed by atoms with van der Waals surface area (Å²) in [5, 5.41) is 1.11. The van der Waals surface area contributed by atoms with Gasteiger partial charge in [0.1, 0.15) is 0 Å². The first-order valence-electron chi connectivity index (χ1n) is 11.7. The van der Waals surface area contributed by atoms with Gasteiger partial charge in [-0.3, -0.25) is 9.59 Å². The van der Waals surface area contributed by atoms with E-state index in [-0.39, 0.29) is 23.1 Å². The maximum atomic E-state index is 12.8. The Kier molecular flexibility index (Phi) is 11.7. The first-order valence-corrected chi connectivity index (χ1v) is 16.2. The van der Waals surface area contributed by atoms with Gasteiger partial charge < -0.3 is 13.9 Å². The standard InChI is InChI=1S/C25H40O7SSi/c1-8-30-23(26)22(24(27)31-9-2)20(14-13-18-32-34(6,7)25(3,4)5)17-19-33(28,29)21-15-11-10-12-16-21/h10-12,15-17,19-20,22H,8-9,13-14,18H2,1-7H3/b19-17+. The number of ether oxygens (including phenoxy) is 2. The molecule has 9 heteroatoms. The third-order valence-electron chi connectivity index (χ3n) is 6.04. The molecule has 0 bridgehead atoms. The first-order chi connectivity index (χ1) is 15.8. The van der Waals surface area contributed by atoms with Crippen LogP contribution in [0.2, 0.25) is 18.1 Å². The fourth-order valence-corrected chi connectivity index (χ4v) is 5.23. The van der Waals surface area contributed by atoms with Crippen molar-refractivity contribution in [3.8, 4) is 0 Å². The third-order valence-corrected chi connectivity index (χ3v) is 12.0. The van der Waals surface area contributed by atoms with Crippen LogP contribution in [0.1, 0.15) is 47.5 Å². The van der Waals surface area contributed by atoms with Gasteiger partial charge in [0.2, 0.25) is 0 Å². The Morgan fingerprint density at radius 3 is 2.00 bits per heavy atom. The average molecular weight is 513 g/mol. The highest BCUT2D eigenvalue weighted by Gasteiger charge is 2.38. The van der Waals surface area contributed by atoms with Crippen LogP contribution in [0.15, 0.2) is 46.7 Å². The highest BCUT2D eigenvalue weighted by molar-refractivity contribution is 7.94. The molecule has 0 radical (unpaired) electrons. The summed E-state index contributed by atoms with van der Waals surface area (Å²) in [6.45, 7) is 14.7. The Bertz CT molecular complexity index is 900. The molecule has 0 heterocycles. The van der Waals surface area contributed by atoms with Crippen LogP contribution >= 0.6 is 0 Å². The second kappa shape index (κ2) is 13.2. The van der Waals surface area contributed by atoms with Gasteiger partial charge in [0, 0.05) is 17.9 Å². The molecule has 0 fully saturated rings. The Labute approximate surface area is 205 Å². The quantitative estimate of drug-likeness (QED) is 0.156. The van der Waals surface area contributed by atoms with Crippen LogP contribution in [0, 0.1) is 11.8 Å². The van der Waals surface area contributed by atoms with E-state index in [0.29, 0.717) is 19.4 Å². The summed E-state index contributed by atoms with van der Waals surface area (Å²) in [6, 6.07) is 7.99. The molecular weight excluding hydrogens is 472 g/mol. The molecule has 0 N–H and O–H groups in total. The number of rotatable bonds is 13. The molecule has 0 aliphatic heterocycles. The van der Waals surface area contributed by atoms with Gasteiger partial charge in [-0.05, 0) is 57.0 Å². The lowest BCUT2D eigenvalue weighted by molar-refractivity contribution is -0.163. The predicted octanol–water partition coefficient (Wildman–Crippen LogP) is 5.13. The first kappa shape index (κ1) is 30.1. The number of esters is 2. The van der Waals surface area contributed by atoms with Crippen LogP contribution in [-0.2, 0) is 33.3 Å². The topological polar surface area (TPSA) is 96.0 Å². The van der Waals surface area contributed by atoms with Gasteiger partial charge in [0.25, 0.3) is 0 Å². The fraction of sp³-hybridized carbons (Fsp3) is 0.600. The highest BCUT2D eigenvalue weighted by atomic mass is 32.2. The molecular formula is C25H40O7SSi. The Morgan fingerprint density at radius 2 is 1.53 bits per heavy atom. The minimum absolute atomic E-state index is 0.0501. The number of allylic oxidation sites excluding steroid dienone is 1. The van der Waals surface area contributed by atoms with Crippen LogP contribution < -0.4 is 0 Å². The van der Waals surface area contributed by atoms with Crippen LogP contribution in [0.4, 0.5) is 0 Å². The number of hydrogen-bond acceptors (Lipinski definition) is 7. The number of hydrogen-bond donors (Lipinski definition) is 0. The van der Waals surface area contributed by atoms with E-state index in [2.05, 4.69) is 33.9 Å². The lowest BCUT2D eigenvalue weighted by Crippen LogP contribution is -2.41. The van der Waals surface area contributed by atoms with Gasteiger partial charge in [0.05, 0.1) is 18.1 Å². The molecule has 0 aliphatic rings. The molecule has 0 spiro atoms. The van der Waals surface area contributed by atoms with Gasteiger partial charge in [-0.25, -0.2) is 8.42 Å². The molecule has 0 aliphatic carbocycles. The van der Waals surface area contributed by atoms with Gasteiger partial charge in [-0.1, -0.05) is 45.0 Å². The zero-order valence-corrected chi connectivity index (χ0v) is 23.3. The summed E-state index contributed by atoms with van der Waals surface area (Å²) >= 11 is 0. The molecule has 0 saturated carbocycles. The minimum Gasteiger partial charge on any atom is -0.465 e. The predicted molar refractivity (Wildman–Crippen MR) is 135 cm³/mol. The summed E-state index contributed by atoms with van der Waals surface area (Å²) in [5.74, 6) is -3.43. The molecule has 1 aromatic carbocycles. The number of carbonyl (C=O) groups excluding carboxylic acids is 2. The molecule has 0 aromatic heterocycles. The summed E-state index contributed by atoms with van der Waals surface area (Å²) < 4.78 is 42.0. The Morgan fingerprint density at radius 1 is 1.00 bits per heavy atom. The maximum Gasteiger partial charge on any atom is 0.320 e. The van der Waals surface area contributed by atoms with Crippen molar-refractivity contribution in [2.45, 2.75) is 70.5 Å². The SMILES string of the molecule is CCOC(=O)C(C(=O)OCC)C(/C=C/S(=O)(=O)c1ccccc1)CCCO[Si](C)(C)C(C)(C)C. The summed E-state index contributed by atoms with van der Waals surface area (Å²) in [4.78, 5) is 25.5. The van der Waals surface area contributed by atoms with Crippen molar-refractivity contribution in [2.75, 3.05) is 19.8 Å². The third kappa shape index (κ3) is 9.00. The van der Waals surface area contributed by atoms with Crippen molar-refractivity contribution >= 4 is 30.1 Å². The summed E-state index contributed by atoms with van der Waals surface area (Å²) in [6.07, 6.45) is 2.31. The largest absolute Gasteiger partial charge is 0.465 e. The van der Waals surface area contributed by atoms with Crippen molar-refractivity contribution in [3.05, 3.63) is 41.8 Å². The summed E-state index contributed by atoms with van der Waals surface area (Å²) in [7, 11) is -5.71. The van der Waals surface area contributed by atoms with E-state index >= 15 is 0 Å². The van der Waals surface area contributed by atoms with Gasteiger partial charge in [-0.2, -0.15) is 0 Å². The number of benzene rings is 1. The Hall–Kier alpha value is -1.97. The van der Waals surface area contributed by atoms with Crippen LogP contribution in [-0.4, -0.2) is 48.5 Å². The zero-order valence-electron chi connectivity index (χ0n) is 21.5. The van der Waals surface area contributed by atoms with Crippen LogP contribution in [0.25, 0.3) is 0 Å². The second-order valence-electron chi connectivity index (χ2n) is 9.58. The molecule has 1 rings (SSSR count). The van der Waals surface area contributed by atoms with Crippen molar-refractivity contribution in [1.29, 1.82) is 0 Å². The van der Waals surface area contributed by atoms with Crippen LogP contribution in [0.3, 0.4) is 0 Å². The lowest BCUT2D eigenvalue weighted by atomic mass is 9.88. The van der Waals surface area contributed by atoms with E-state index < -0.39 is 41.9 Å².